The van der Waals surface area contributed by atoms with E-state index in [1.54, 1.807) is 18.2 Å². The van der Waals surface area contributed by atoms with Gasteiger partial charge in [0.25, 0.3) is 0 Å². The molecule has 1 aliphatic heterocycles. The normalized spacial score (nSPS) is 12.2. The minimum absolute atomic E-state index is 0.191. The van der Waals surface area contributed by atoms with Crippen molar-refractivity contribution in [2.24, 2.45) is 0 Å². The van der Waals surface area contributed by atoms with Gasteiger partial charge in [0, 0.05) is 0 Å². The second kappa shape index (κ2) is 4.05. The quantitative estimate of drug-likeness (QED) is 0.474. The molecule has 1 aliphatic rings. The molecule has 2 N–H and O–H groups in total. The molecule has 0 radical (unpaired) electrons. The molecular formula is C16H10ClNO2. The summed E-state index contributed by atoms with van der Waals surface area (Å²) < 4.78 is 5.95. The Morgan fingerprint density at radius 1 is 0.900 bits per heavy atom. The van der Waals surface area contributed by atoms with Crippen LogP contribution in [0, 0.1) is 0 Å². The number of phenolic OH excluding ortho intramolecular Hbond substituents is 1. The predicted octanol–water partition coefficient (Wildman–Crippen LogP) is 5.05. The number of nitrogens with one attached hydrogen (secondary N) is 1. The van der Waals surface area contributed by atoms with E-state index in [0.717, 1.165) is 16.8 Å². The number of hydrogen-bond acceptors (Lipinski definition) is 3. The molecular weight excluding hydrogens is 274 g/mol. The molecule has 20 heavy (non-hydrogen) atoms. The van der Waals surface area contributed by atoms with Gasteiger partial charge in [-0.15, -0.1) is 0 Å². The lowest BCUT2D eigenvalue weighted by atomic mass is 10.1. The van der Waals surface area contributed by atoms with Gasteiger partial charge in [0.2, 0.25) is 0 Å². The van der Waals surface area contributed by atoms with Gasteiger partial charge in [-0.05, 0) is 29.7 Å². The third-order valence-electron chi connectivity index (χ3n) is 3.42. The molecule has 0 amide bonds. The van der Waals surface area contributed by atoms with Crippen LogP contribution in [0.4, 0.5) is 11.4 Å². The predicted molar refractivity (Wildman–Crippen MR) is 80.4 cm³/mol. The summed E-state index contributed by atoms with van der Waals surface area (Å²) in [6.07, 6.45) is 0. The molecule has 3 nitrogen and oxygen atoms in total. The first kappa shape index (κ1) is 11.4. The van der Waals surface area contributed by atoms with Crippen molar-refractivity contribution in [3.63, 3.8) is 0 Å². The van der Waals surface area contributed by atoms with Gasteiger partial charge in [-0.1, -0.05) is 35.9 Å². The highest BCUT2D eigenvalue weighted by molar-refractivity contribution is 6.32. The fourth-order valence-corrected chi connectivity index (χ4v) is 2.70. The SMILES string of the molecule is Oc1cccc2ccc3c(c12)Oc1c(Cl)cccc1N3. The van der Waals surface area contributed by atoms with E-state index in [0.29, 0.717) is 21.9 Å². The van der Waals surface area contributed by atoms with Crippen molar-refractivity contribution < 1.29 is 9.84 Å². The molecule has 0 atom stereocenters. The van der Waals surface area contributed by atoms with E-state index in [2.05, 4.69) is 5.32 Å². The summed E-state index contributed by atoms with van der Waals surface area (Å²) in [7, 11) is 0. The van der Waals surface area contributed by atoms with Crippen LogP contribution in [-0.4, -0.2) is 5.11 Å². The number of para-hydroxylation sites is 1. The van der Waals surface area contributed by atoms with E-state index >= 15 is 0 Å². The van der Waals surface area contributed by atoms with Crippen molar-refractivity contribution in [1.29, 1.82) is 0 Å². The van der Waals surface area contributed by atoms with Gasteiger partial charge in [0.1, 0.15) is 5.75 Å². The maximum atomic E-state index is 10.1. The molecule has 4 heteroatoms. The van der Waals surface area contributed by atoms with Gasteiger partial charge in [0.05, 0.1) is 21.8 Å². The summed E-state index contributed by atoms with van der Waals surface area (Å²) >= 11 is 6.17. The second-order valence-corrected chi connectivity index (χ2v) is 5.07. The van der Waals surface area contributed by atoms with Crippen LogP contribution in [0.15, 0.2) is 48.5 Å². The minimum Gasteiger partial charge on any atom is -0.507 e. The zero-order chi connectivity index (χ0) is 13.7. The lowest BCUT2D eigenvalue weighted by molar-refractivity contribution is 0.467. The van der Waals surface area contributed by atoms with Crippen molar-refractivity contribution in [2.75, 3.05) is 5.32 Å². The Labute approximate surface area is 120 Å². The van der Waals surface area contributed by atoms with Gasteiger partial charge in [0.15, 0.2) is 11.5 Å². The standard InChI is InChI=1S/C16H10ClNO2/c17-10-4-2-5-11-15(10)20-16-12(18-11)8-7-9-3-1-6-13(19)14(9)16/h1-8,18-19H. The fraction of sp³-hybridized carbons (Fsp3) is 0. The van der Waals surface area contributed by atoms with Gasteiger partial charge in [-0.3, -0.25) is 0 Å². The number of fused-ring (bicyclic) bond motifs is 4. The lowest BCUT2D eigenvalue weighted by Gasteiger charge is -2.24. The molecule has 3 aromatic carbocycles. The highest BCUT2D eigenvalue weighted by Crippen LogP contribution is 2.49. The largest absolute Gasteiger partial charge is 0.507 e. The van der Waals surface area contributed by atoms with Crippen molar-refractivity contribution in [3.05, 3.63) is 53.6 Å². The topological polar surface area (TPSA) is 41.5 Å². The first-order valence-electron chi connectivity index (χ1n) is 6.22. The van der Waals surface area contributed by atoms with E-state index in [1.807, 2.05) is 30.3 Å². The van der Waals surface area contributed by atoms with Gasteiger partial charge in [-0.2, -0.15) is 0 Å². The van der Waals surface area contributed by atoms with Crippen LogP contribution >= 0.6 is 11.6 Å². The van der Waals surface area contributed by atoms with E-state index in [9.17, 15) is 5.11 Å². The Morgan fingerprint density at radius 2 is 1.70 bits per heavy atom. The molecule has 0 fully saturated rings. The number of rotatable bonds is 0. The molecule has 3 aromatic rings. The van der Waals surface area contributed by atoms with Crippen molar-refractivity contribution >= 4 is 33.7 Å². The third kappa shape index (κ3) is 1.53. The molecule has 0 bridgehead atoms. The fourth-order valence-electron chi connectivity index (χ4n) is 2.49. The number of benzene rings is 3. The Bertz CT molecular complexity index is 845. The Morgan fingerprint density at radius 3 is 2.60 bits per heavy atom. The number of anilines is 2. The summed E-state index contributed by atoms with van der Waals surface area (Å²) in [4.78, 5) is 0. The molecule has 4 rings (SSSR count). The molecule has 0 spiro atoms. The molecule has 0 saturated carbocycles. The van der Waals surface area contributed by atoms with Crippen LogP contribution in [0.1, 0.15) is 0 Å². The summed E-state index contributed by atoms with van der Waals surface area (Å²) in [5.74, 6) is 1.37. The molecule has 0 unspecified atom stereocenters. The highest BCUT2D eigenvalue weighted by atomic mass is 35.5. The number of hydrogen-bond donors (Lipinski definition) is 2. The molecule has 98 valence electrons. The zero-order valence-corrected chi connectivity index (χ0v) is 11.1. The van der Waals surface area contributed by atoms with E-state index in [4.69, 9.17) is 16.3 Å². The molecule has 0 saturated heterocycles. The average Bonchev–Trinajstić information content (AvgIpc) is 2.46. The number of halogens is 1. The van der Waals surface area contributed by atoms with Gasteiger partial charge < -0.3 is 15.2 Å². The van der Waals surface area contributed by atoms with E-state index in [-0.39, 0.29) is 5.75 Å². The summed E-state index contributed by atoms with van der Waals surface area (Å²) in [6, 6.07) is 14.8. The first-order chi connectivity index (χ1) is 9.74. The average molecular weight is 284 g/mol. The maximum Gasteiger partial charge on any atom is 0.169 e. The maximum absolute atomic E-state index is 10.1. The van der Waals surface area contributed by atoms with Crippen LogP contribution in [0.5, 0.6) is 17.2 Å². The van der Waals surface area contributed by atoms with Gasteiger partial charge >= 0.3 is 0 Å². The summed E-state index contributed by atoms with van der Waals surface area (Å²) in [6.45, 7) is 0. The first-order valence-corrected chi connectivity index (χ1v) is 6.60. The van der Waals surface area contributed by atoms with Crippen LogP contribution in [0.3, 0.4) is 0 Å². The van der Waals surface area contributed by atoms with Crippen molar-refractivity contribution in [1.82, 2.24) is 0 Å². The lowest BCUT2D eigenvalue weighted by Crippen LogP contribution is -2.03. The minimum atomic E-state index is 0.191. The molecule has 0 aromatic heterocycles. The smallest absolute Gasteiger partial charge is 0.169 e. The van der Waals surface area contributed by atoms with E-state index < -0.39 is 0 Å². The van der Waals surface area contributed by atoms with Crippen LogP contribution in [-0.2, 0) is 0 Å². The monoisotopic (exact) mass is 283 g/mol. The summed E-state index contributed by atoms with van der Waals surface area (Å²) in [5, 5.41) is 15.5. The van der Waals surface area contributed by atoms with E-state index in [1.165, 1.54) is 0 Å². The Kier molecular flexibility index (Phi) is 2.32. The highest BCUT2D eigenvalue weighted by Gasteiger charge is 2.22. The number of ether oxygens (including phenoxy) is 1. The molecule has 1 heterocycles. The molecule has 0 aliphatic carbocycles. The van der Waals surface area contributed by atoms with Crippen molar-refractivity contribution in [2.45, 2.75) is 0 Å². The van der Waals surface area contributed by atoms with Crippen molar-refractivity contribution in [3.8, 4) is 17.2 Å². The Hall–Kier alpha value is -2.39. The van der Waals surface area contributed by atoms with Crippen LogP contribution in [0.25, 0.3) is 10.8 Å². The summed E-state index contributed by atoms with van der Waals surface area (Å²) in [5.41, 5.74) is 1.63. The third-order valence-corrected chi connectivity index (χ3v) is 3.71. The zero-order valence-electron chi connectivity index (χ0n) is 10.4. The Balaban J connectivity index is 2.01. The number of aromatic hydroxyl groups is 1. The van der Waals surface area contributed by atoms with Crippen LogP contribution < -0.4 is 10.1 Å². The second-order valence-electron chi connectivity index (χ2n) is 4.66. The van der Waals surface area contributed by atoms with Gasteiger partial charge in [-0.25, -0.2) is 0 Å². The number of phenols is 1. The van der Waals surface area contributed by atoms with Crippen LogP contribution in [0.2, 0.25) is 5.02 Å².